The van der Waals surface area contributed by atoms with Crippen LogP contribution in [0.1, 0.15) is 73.7 Å². The summed E-state index contributed by atoms with van der Waals surface area (Å²) in [6, 6.07) is 13.9. The first kappa shape index (κ1) is 22.5. The van der Waals surface area contributed by atoms with Crippen molar-refractivity contribution >= 4 is 28.6 Å². The molecule has 0 bridgehead atoms. The fourth-order valence-corrected chi connectivity index (χ4v) is 5.65. The Balaban J connectivity index is 1.31. The first-order chi connectivity index (χ1) is 16.1. The van der Waals surface area contributed by atoms with E-state index in [1.165, 1.54) is 60.1 Å². The molecule has 1 saturated carbocycles. The van der Waals surface area contributed by atoms with Crippen LogP contribution < -0.4 is 10.3 Å². The van der Waals surface area contributed by atoms with E-state index < -0.39 is 0 Å². The van der Waals surface area contributed by atoms with Gasteiger partial charge in [0.2, 0.25) is 0 Å². The van der Waals surface area contributed by atoms with Crippen molar-refractivity contribution in [1.82, 2.24) is 14.8 Å². The second kappa shape index (κ2) is 9.90. The number of nitrogens with zero attached hydrogens (tertiary/aromatic N) is 2. The highest BCUT2D eigenvalue weighted by molar-refractivity contribution is 7.99. The maximum atomic E-state index is 12.9. The minimum Gasteiger partial charge on any atom is -0.342 e. The van der Waals surface area contributed by atoms with Gasteiger partial charge in [0, 0.05) is 46.9 Å². The Labute approximate surface area is 201 Å². The fourth-order valence-electron chi connectivity index (χ4n) is 5.01. The lowest BCUT2D eigenvalue weighted by molar-refractivity contribution is -0.393. The summed E-state index contributed by atoms with van der Waals surface area (Å²) < 4.78 is 2.54. The third-order valence-corrected chi connectivity index (χ3v) is 7.87. The number of carbonyl (C=O) groups is 1. The lowest BCUT2D eigenvalue weighted by Crippen LogP contribution is -2.37. The van der Waals surface area contributed by atoms with Gasteiger partial charge in [-0.2, -0.15) is 0 Å². The van der Waals surface area contributed by atoms with Crippen molar-refractivity contribution in [2.45, 2.75) is 76.0 Å². The van der Waals surface area contributed by atoms with E-state index in [4.69, 9.17) is 0 Å². The van der Waals surface area contributed by atoms with Crippen molar-refractivity contribution < 1.29 is 9.78 Å². The molecule has 2 aliphatic rings. The normalized spacial score (nSPS) is 19.2. The van der Waals surface area contributed by atoms with E-state index in [-0.39, 0.29) is 5.91 Å². The number of H-pyrrole nitrogens is 1. The summed E-state index contributed by atoms with van der Waals surface area (Å²) in [6.45, 7) is 7.20. The molecule has 33 heavy (non-hydrogen) atoms. The Hall–Kier alpha value is -2.31. The van der Waals surface area contributed by atoms with Gasteiger partial charge < -0.3 is 9.88 Å². The van der Waals surface area contributed by atoms with Crippen molar-refractivity contribution in [3.8, 4) is 0 Å². The van der Waals surface area contributed by atoms with Crippen molar-refractivity contribution in [2.75, 3.05) is 12.3 Å². The van der Waals surface area contributed by atoms with E-state index in [1.54, 1.807) is 11.8 Å². The van der Waals surface area contributed by atoms with E-state index in [2.05, 4.69) is 57.9 Å². The highest BCUT2D eigenvalue weighted by Gasteiger charge is 2.29. The Morgan fingerprint density at radius 1 is 1.15 bits per heavy atom. The molecule has 1 amide bonds. The molecule has 2 fully saturated rings. The number of rotatable bonds is 8. The van der Waals surface area contributed by atoms with Crippen molar-refractivity contribution in [1.29, 1.82) is 0 Å². The SMILES string of the molecule is CCSc1ccc(CNC(=O)c2ccc3c(c2)cc(CN2CCCC[C@H]2C)n3C2CC2)[nH+]c1. The van der Waals surface area contributed by atoms with Gasteiger partial charge in [-0.3, -0.25) is 9.69 Å². The van der Waals surface area contributed by atoms with E-state index in [0.717, 1.165) is 23.6 Å². The number of hydrogen-bond acceptors (Lipinski definition) is 3. The van der Waals surface area contributed by atoms with Crippen LogP contribution in [0.15, 0.2) is 47.5 Å². The smallest absolute Gasteiger partial charge is 0.251 e. The molecule has 6 heteroatoms. The maximum Gasteiger partial charge on any atom is 0.251 e. The number of aromatic nitrogens is 2. The summed E-state index contributed by atoms with van der Waals surface area (Å²) in [5.41, 5.74) is 4.40. The Kier molecular flexibility index (Phi) is 6.74. The fraction of sp³-hybridized carbons (Fsp3) is 0.481. The molecule has 1 atom stereocenters. The summed E-state index contributed by atoms with van der Waals surface area (Å²) in [6.07, 6.45) is 8.48. The molecule has 2 aromatic heterocycles. The van der Waals surface area contributed by atoms with Crippen LogP contribution in [-0.4, -0.2) is 33.7 Å². The number of carbonyl (C=O) groups excluding carboxylic acids is 1. The average Bonchev–Trinajstić information content (AvgIpc) is 3.60. The van der Waals surface area contributed by atoms with Gasteiger partial charge in [0.05, 0.1) is 4.90 Å². The van der Waals surface area contributed by atoms with Crippen LogP contribution in [-0.2, 0) is 13.1 Å². The highest BCUT2D eigenvalue weighted by Crippen LogP contribution is 2.40. The second-order valence-electron chi connectivity index (χ2n) is 9.49. The van der Waals surface area contributed by atoms with Gasteiger partial charge in [-0.05, 0) is 75.2 Å². The molecular formula is C27H35N4OS+. The number of likely N-dealkylation sites (tertiary alicyclic amines) is 1. The summed E-state index contributed by atoms with van der Waals surface area (Å²) in [7, 11) is 0. The molecule has 3 aromatic rings. The number of hydrogen-bond donors (Lipinski definition) is 1. The molecule has 0 unspecified atom stereocenters. The first-order valence-corrected chi connectivity index (χ1v) is 13.4. The Bertz CT molecular complexity index is 1120. The third kappa shape index (κ3) is 5.12. The second-order valence-corrected chi connectivity index (χ2v) is 10.8. The molecular weight excluding hydrogens is 428 g/mol. The van der Waals surface area contributed by atoms with Crippen molar-refractivity contribution in [2.24, 2.45) is 0 Å². The number of pyridine rings is 1. The third-order valence-electron chi connectivity index (χ3n) is 7.00. The van der Waals surface area contributed by atoms with Gasteiger partial charge in [0.15, 0.2) is 11.9 Å². The van der Waals surface area contributed by atoms with Crippen LogP contribution in [0.2, 0.25) is 0 Å². The predicted octanol–water partition coefficient (Wildman–Crippen LogP) is 5.21. The van der Waals surface area contributed by atoms with E-state index in [1.807, 2.05) is 18.3 Å². The summed E-state index contributed by atoms with van der Waals surface area (Å²) in [5, 5.41) is 4.25. The molecule has 2 N–H and O–H groups in total. The van der Waals surface area contributed by atoms with Crippen LogP contribution >= 0.6 is 11.8 Å². The molecule has 1 aliphatic heterocycles. The van der Waals surface area contributed by atoms with Crippen molar-refractivity contribution in [3.05, 3.63) is 59.5 Å². The average molecular weight is 464 g/mol. The monoisotopic (exact) mass is 463 g/mol. The number of fused-ring (bicyclic) bond motifs is 1. The molecule has 1 aromatic carbocycles. The summed E-state index contributed by atoms with van der Waals surface area (Å²) >= 11 is 1.80. The molecule has 1 saturated heterocycles. The largest absolute Gasteiger partial charge is 0.342 e. The number of nitrogens with one attached hydrogen (secondary N) is 2. The summed E-state index contributed by atoms with van der Waals surface area (Å²) in [4.78, 5) is 20.0. The van der Waals surface area contributed by atoms with Gasteiger partial charge in [-0.15, -0.1) is 11.8 Å². The van der Waals surface area contributed by atoms with E-state index in [9.17, 15) is 4.79 Å². The van der Waals surface area contributed by atoms with Crippen LogP contribution in [0.4, 0.5) is 0 Å². The van der Waals surface area contributed by atoms with Gasteiger partial charge >= 0.3 is 0 Å². The molecule has 0 spiro atoms. The minimum atomic E-state index is -0.0253. The number of piperidine rings is 1. The molecule has 5 nitrogen and oxygen atoms in total. The summed E-state index contributed by atoms with van der Waals surface area (Å²) in [5.74, 6) is 1.02. The zero-order chi connectivity index (χ0) is 22.8. The van der Waals surface area contributed by atoms with Crippen LogP contribution in [0.3, 0.4) is 0 Å². The predicted molar refractivity (Wildman–Crippen MR) is 134 cm³/mol. The highest BCUT2D eigenvalue weighted by atomic mass is 32.2. The molecule has 174 valence electrons. The van der Waals surface area contributed by atoms with Gasteiger partial charge in [0.1, 0.15) is 6.54 Å². The van der Waals surface area contributed by atoms with Crippen LogP contribution in [0.25, 0.3) is 10.9 Å². The molecule has 3 heterocycles. The first-order valence-electron chi connectivity index (χ1n) is 12.4. The quantitative estimate of drug-likeness (QED) is 0.467. The Morgan fingerprint density at radius 3 is 2.76 bits per heavy atom. The van der Waals surface area contributed by atoms with Crippen LogP contribution in [0, 0.1) is 0 Å². The van der Waals surface area contributed by atoms with Crippen LogP contribution in [0.5, 0.6) is 0 Å². The number of thioether (sulfide) groups is 1. The van der Waals surface area contributed by atoms with Gasteiger partial charge in [0.25, 0.3) is 5.91 Å². The molecule has 1 aliphatic carbocycles. The maximum absolute atomic E-state index is 12.9. The van der Waals surface area contributed by atoms with Crippen molar-refractivity contribution in [3.63, 3.8) is 0 Å². The topological polar surface area (TPSA) is 51.4 Å². The zero-order valence-electron chi connectivity index (χ0n) is 19.8. The standard InChI is InChI=1S/C27H34N4OS/c1-3-33-25-11-8-22(28-17-25)16-29-27(32)20-7-12-26-21(14-20)15-24(31(26)23-9-10-23)18-30-13-5-4-6-19(30)2/h7-8,11-12,14-15,17,19,23H,3-6,9-10,13,16,18H2,1-2H3,(H,29,32)/p+1/t19-/m1/s1. The van der Waals surface area contributed by atoms with E-state index >= 15 is 0 Å². The number of amides is 1. The van der Waals surface area contributed by atoms with Gasteiger partial charge in [-0.25, -0.2) is 4.98 Å². The minimum absolute atomic E-state index is 0.0253. The van der Waals surface area contributed by atoms with Gasteiger partial charge in [-0.1, -0.05) is 13.3 Å². The zero-order valence-corrected chi connectivity index (χ0v) is 20.6. The lowest BCUT2D eigenvalue weighted by atomic mass is 10.0. The molecule has 5 rings (SSSR count). The molecule has 0 radical (unpaired) electrons. The number of benzene rings is 1. The lowest BCUT2D eigenvalue weighted by Gasteiger charge is -2.33. The Morgan fingerprint density at radius 2 is 2.03 bits per heavy atom. The van der Waals surface area contributed by atoms with E-state index in [0.29, 0.717) is 18.6 Å². The number of aromatic amines is 1.